The Morgan fingerprint density at radius 3 is 2.53 bits per heavy atom. The molecule has 0 aliphatic carbocycles. The molecule has 1 aromatic heterocycles. The van der Waals surface area contributed by atoms with Crippen molar-refractivity contribution in [1.82, 2.24) is 5.16 Å². The number of nitrogens with zero attached hydrogens (tertiary/aromatic N) is 1. The summed E-state index contributed by atoms with van der Waals surface area (Å²) in [4.78, 5) is 0. The van der Waals surface area contributed by atoms with E-state index in [-0.39, 0.29) is 11.3 Å². The predicted molar refractivity (Wildman–Crippen MR) is 59.6 cm³/mol. The first-order valence-electron chi connectivity index (χ1n) is 4.70. The van der Waals surface area contributed by atoms with Crippen LogP contribution in [0.4, 0.5) is 13.2 Å². The molecule has 2 rings (SSSR count). The van der Waals surface area contributed by atoms with Gasteiger partial charge in [0.2, 0.25) is 0 Å². The molecule has 0 unspecified atom stereocenters. The Balaban J connectivity index is 2.52. The maximum absolute atomic E-state index is 12.8. The van der Waals surface area contributed by atoms with Gasteiger partial charge in [0.05, 0.1) is 10.9 Å². The highest BCUT2D eigenvalue weighted by Crippen LogP contribution is 2.36. The Morgan fingerprint density at radius 1 is 1.24 bits per heavy atom. The third-order valence-corrected chi connectivity index (χ3v) is 2.75. The van der Waals surface area contributed by atoms with Gasteiger partial charge >= 0.3 is 6.18 Å². The molecule has 0 saturated heterocycles. The zero-order valence-electron chi connectivity index (χ0n) is 8.46. The van der Waals surface area contributed by atoms with E-state index in [9.17, 15) is 13.2 Å². The maximum Gasteiger partial charge on any atom is 0.417 e. The van der Waals surface area contributed by atoms with Crippen LogP contribution in [-0.4, -0.2) is 5.16 Å². The van der Waals surface area contributed by atoms with Gasteiger partial charge in [-0.2, -0.15) is 13.2 Å². The quantitative estimate of drug-likeness (QED) is 0.775. The molecule has 1 heterocycles. The molecule has 0 fully saturated rings. The standard InChI is InChI=1S/C11H7BrF3NO/c12-6-7-5-10(16-17-7)8-3-1-2-4-9(8)11(13,14)15/h1-5H,6H2. The van der Waals surface area contributed by atoms with Gasteiger partial charge in [0.15, 0.2) is 0 Å². The first-order valence-corrected chi connectivity index (χ1v) is 5.82. The monoisotopic (exact) mass is 305 g/mol. The van der Waals surface area contributed by atoms with Crippen molar-refractivity contribution in [2.24, 2.45) is 0 Å². The summed E-state index contributed by atoms with van der Waals surface area (Å²) in [6.07, 6.45) is -4.40. The van der Waals surface area contributed by atoms with Crippen molar-refractivity contribution in [3.05, 3.63) is 41.7 Å². The lowest BCUT2D eigenvalue weighted by Crippen LogP contribution is -2.06. The highest BCUT2D eigenvalue weighted by Gasteiger charge is 2.33. The normalized spacial score (nSPS) is 11.8. The summed E-state index contributed by atoms with van der Waals surface area (Å²) in [6, 6.07) is 6.76. The van der Waals surface area contributed by atoms with Gasteiger partial charge < -0.3 is 4.52 Å². The van der Waals surface area contributed by atoms with Crippen molar-refractivity contribution in [2.45, 2.75) is 11.5 Å². The van der Waals surface area contributed by atoms with Crippen LogP contribution in [0.1, 0.15) is 11.3 Å². The number of alkyl halides is 4. The van der Waals surface area contributed by atoms with Crippen LogP contribution in [0.2, 0.25) is 0 Å². The number of hydrogen-bond acceptors (Lipinski definition) is 2. The van der Waals surface area contributed by atoms with E-state index in [0.717, 1.165) is 6.07 Å². The van der Waals surface area contributed by atoms with Gasteiger partial charge in [0.25, 0.3) is 0 Å². The molecule has 0 atom stereocenters. The summed E-state index contributed by atoms with van der Waals surface area (Å²) in [6.45, 7) is 0. The zero-order chi connectivity index (χ0) is 12.5. The smallest absolute Gasteiger partial charge is 0.360 e. The fourth-order valence-corrected chi connectivity index (χ4v) is 1.72. The minimum Gasteiger partial charge on any atom is -0.360 e. The number of benzene rings is 1. The first kappa shape index (κ1) is 12.2. The number of halogens is 4. The lowest BCUT2D eigenvalue weighted by atomic mass is 10.0. The van der Waals surface area contributed by atoms with Crippen molar-refractivity contribution >= 4 is 15.9 Å². The molecule has 0 radical (unpaired) electrons. The number of rotatable bonds is 2. The summed E-state index contributed by atoms with van der Waals surface area (Å²) >= 11 is 3.15. The summed E-state index contributed by atoms with van der Waals surface area (Å²) in [5.74, 6) is 0.483. The van der Waals surface area contributed by atoms with E-state index < -0.39 is 11.7 Å². The van der Waals surface area contributed by atoms with E-state index in [4.69, 9.17) is 4.52 Å². The fourth-order valence-electron chi connectivity index (χ4n) is 1.46. The van der Waals surface area contributed by atoms with Crippen molar-refractivity contribution in [2.75, 3.05) is 0 Å². The molecule has 0 spiro atoms. The number of aromatic nitrogens is 1. The molecular weight excluding hydrogens is 299 g/mol. The van der Waals surface area contributed by atoms with E-state index in [1.54, 1.807) is 0 Å². The third-order valence-electron chi connectivity index (χ3n) is 2.20. The van der Waals surface area contributed by atoms with Crippen molar-refractivity contribution in [1.29, 1.82) is 0 Å². The molecule has 17 heavy (non-hydrogen) atoms. The fraction of sp³-hybridized carbons (Fsp3) is 0.182. The van der Waals surface area contributed by atoms with Gasteiger partial charge in [-0.25, -0.2) is 0 Å². The molecule has 6 heteroatoms. The minimum absolute atomic E-state index is 0.0240. The van der Waals surface area contributed by atoms with Crippen LogP contribution >= 0.6 is 15.9 Å². The predicted octanol–water partition coefficient (Wildman–Crippen LogP) is 4.26. The molecule has 2 nitrogen and oxygen atoms in total. The molecule has 0 bridgehead atoms. The second-order valence-electron chi connectivity index (χ2n) is 3.36. The van der Waals surface area contributed by atoms with Crippen LogP contribution in [0.5, 0.6) is 0 Å². The largest absolute Gasteiger partial charge is 0.417 e. The second-order valence-corrected chi connectivity index (χ2v) is 3.92. The van der Waals surface area contributed by atoms with Gasteiger partial charge in [-0.05, 0) is 6.07 Å². The topological polar surface area (TPSA) is 26.0 Å². The van der Waals surface area contributed by atoms with Crippen molar-refractivity contribution < 1.29 is 17.7 Å². The molecular formula is C11H7BrF3NO. The van der Waals surface area contributed by atoms with Gasteiger partial charge in [-0.15, -0.1) is 0 Å². The molecule has 2 aromatic rings. The lowest BCUT2D eigenvalue weighted by Gasteiger charge is -2.10. The molecule has 0 aliphatic rings. The van der Waals surface area contributed by atoms with Crippen LogP contribution in [0.3, 0.4) is 0 Å². The van der Waals surface area contributed by atoms with Crippen LogP contribution in [-0.2, 0) is 11.5 Å². The molecule has 1 aromatic carbocycles. The SMILES string of the molecule is FC(F)(F)c1ccccc1-c1cc(CBr)on1. The van der Waals surface area contributed by atoms with Gasteiger partial charge in [-0.1, -0.05) is 39.3 Å². The molecule has 0 N–H and O–H groups in total. The Kier molecular flexibility index (Phi) is 3.24. The van der Waals surface area contributed by atoms with E-state index in [2.05, 4.69) is 21.1 Å². The van der Waals surface area contributed by atoms with Gasteiger partial charge in [0, 0.05) is 11.6 Å². The average molecular weight is 306 g/mol. The van der Waals surface area contributed by atoms with E-state index in [1.165, 1.54) is 24.3 Å². The molecule has 90 valence electrons. The lowest BCUT2D eigenvalue weighted by molar-refractivity contribution is -0.137. The minimum atomic E-state index is -4.40. The van der Waals surface area contributed by atoms with E-state index >= 15 is 0 Å². The van der Waals surface area contributed by atoms with Crippen LogP contribution < -0.4 is 0 Å². The summed E-state index contributed by atoms with van der Waals surface area (Å²) < 4.78 is 43.1. The second kappa shape index (κ2) is 4.52. The van der Waals surface area contributed by atoms with E-state index in [0.29, 0.717) is 11.1 Å². The molecule has 0 aliphatic heterocycles. The Bertz CT molecular complexity index is 521. The summed E-state index contributed by atoms with van der Waals surface area (Å²) in [5.41, 5.74) is -0.502. The first-order chi connectivity index (χ1) is 8.02. The molecule has 0 saturated carbocycles. The highest BCUT2D eigenvalue weighted by atomic mass is 79.9. The summed E-state index contributed by atoms with van der Waals surface area (Å²) in [7, 11) is 0. The Morgan fingerprint density at radius 2 is 1.94 bits per heavy atom. The Hall–Kier alpha value is -1.30. The van der Waals surface area contributed by atoms with Crippen molar-refractivity contribution in [3.63, 3.8) is 0 Å². The summed E-state index contributed by atoms with van der Waals surface area (Å²) in [5, 5.41) is 4.04. The Labute approximate surface area is 104 Å². The maximum atomic E-state index is 12.8. The van der Waals surface area contributed by atoms with Gasteiger partial charge in [-0.3, -0.25) is 0 Å². The average Bonchev–Trinajstić information content (AvgIpc) is 2.76. The number of hydrogen-bond donors (Lipinski definition) is 0. The van der Waals surface area contributed by atoms with Gasteiger partial charge in [0.1, 0.15) is 11.5 Å². The third kappa shape index (κ3) is 2.52. The van der Waals surface area contributed by atoms with Crippen LogP contribution in [0.15, 0.2) is 34.9 Å². The molecule has 0 amide bonds. The van der Waals surface area contributed by atoms with Crippen LogP contribution in [0, 0.1) is 0 Å². The highest BCUT2D eigenvalue weighted by molar-refractivity contribution is 9.08. The van der Waals surface area contributed by atoms with Crippen molar-refractivity contribution in [3.8, 4) is 11.3 Å². The van der Waals surface area contributed by atoms with E-state index in [1.807, 2.05) is 0 Å². The zero-order valence-corrected chi connectivity index (χ0v) is 10.0. The van der Waals surface area contributed by atoms with Crippen LogP contribution in [0.25, 0.3) is 11.3 Å².